The van der Waals surface area contributed by atoms with Crippen molar-refractivity contribution >= 4 is 29.5 Å². The Labute approximate surface area is 61.7 Å². The van der Waals surface area contributed by atoms with Crippen LogP contribution in [0.1, 0.15) is 0 Å². The van der Waals surface area contributed by atoms with Gasteiger partial charge in [-0.15, -0.1) is 0 Å². The number of hydrogen-bond acceptors (Lipinski definition) is 6. The number of hydrogen-bond donors (Lipinski definition) is 4. The van der Waals surface area contributed by atoms with E-state index in [1.807, 2.05) is 6.79 Å². The molecule has 0 heterocycles. The first-order chi connectivity index (χ1) is 4.41. The van der Waals surface area contributed by atoms with Gasteiger partial charge in [0.25, 0.3) is 0 Å². The minimum Gasteiger partial charge on any atom is -0.307 e. The summed E-state index contributed by atoms with van der Waals surface area (Å²) in [6, 6.07) is 0. The Morgan fingerprint density at radius 3 is 1.10 bits per heavy atom. The van der Waals surface area contributed by atoms with Crippen LogP contribution in [0.25, 0.3) is 0 Å². The van der Waals surface area contributed by atoms with Crippen molar-refractivity contribution in [2.24, 2.45) is 0 Å². The van der Waals surface area contributed by atoms with Crippen molar-refractivity contribution < 1.29 is 31.4 Å². The van der Waals surface area contributed by atoms with Crippen molar-refractivity contribution in [3.05, 3.63) is 0 Å². The molecule has 9 heteroatoms. The number of carbonyl (C=O) groups excluding carboxylic acids is 1. The Morgan fingerprint density at radius 2 is 1.10 bits per heavy atom. The fraction of sp³-hybridized carbons (Fsp3) is 0. The molecule has 4 N–H and O–H groups in total. The molecule has 0 unspecified atom stereocenters. The summed E-state index contributed by atoms with van der Waals surface area (Å²) in [4.78, 5) is 8.00. The van der Waals surface area contributed by atoms with E-state index in [2.05, 4.69) is 0 Å². The molecular weight excluding hydrogens is 188 g/mol. The second kappa shape index (κ2) is 11.6. The zero-order valence-corrected chi connectivity index (χ0v) is 6.17. The lowest BCUT2D eigenvalue weighted by molar-refractivity contribution is -0.0980. The average molecular weight is 194 g/mol. The molecule has 0 aliphatic heterocycles. The molecule has 0 rings (SSSR count). The fourth-order valence-corrected chi connectivity index (χ4v) is 0. The van der Waals surface area contributed by atoms with Crippen molar-refractivity contribution in [1.29, 1.82) is 0 Å². The van der Waals surface area contributed by atoms with Gasteiger partial charge in [0.15, 0.2) is 12.3 Å². The van der Waals surface area contributed by atoms with Crippen molar-refractivity contribution in [1.82, 2.24) is 0 Å². The van der Waals surface area contributed by atoms with Gasteiger partial charge in [0.2, 0.25) is 0 Å². The molecule has 0 saturated heterocycles. The highest BCUT2D eigenvalue weighted by atomic mass is 32.3. The average Bonchev–Trinajstić information content (AvgIpc) is 1.68. The third-order valence-corrected chi connectivity index (χ3v) is 0. The molecule has 10 heavy (non-hydrogen) atoms. The van der Waals surface area contributed by atoms with Crippen LogP contribution in [-0.2, 0) is 15.2 Å². The van der Waals surface area contributed by atoms with E-state index in [0.29, 0.717) is 0 Å². The van der Waals surface area contributed by atoms with Crippen LogP contribution in [-0.4, -0.2) is 33.4 Å². The van der Waals surface area contributed by atoms with E-state index in [9.17, 15) is 0 Å². The van der Waals surface area contributed by atoms with Crippen LogP contribution in [0.2, 0.25) is 0 Å². The molecule has 0 aromatic heterocycles. The van der Waals surface area contributed by atoms with E-state index in [-0.39, 0.29) is 12.3 Å². The first-order valence-electron chi connectivity index (χ1n) is 1.35. The van der Waals surface area contributed by atoms with Gasteiger partial charge in [-0.25, -0.2) is 0 Å². The summed E-state index contributed by atoms with van der Waals surface area (Å²) in [6.07, 6.45) is 0. The molecule has 0 radical (unpaired) electrons. The first kappa shape index (κ1) is 16.4. The van der Waals surface area contributed by atoms with E-state index < -0.39 is 10.4 Å². The molecular formula is CH6O7S2. The molecule has 0 atom stereocenters. The van der Waals surface area contributed by atoms with Gasteiger partial charge in [-0.05, 0) is 0 Å². The summed E-state index contributed by atoms with van der Waals surface area (Å²) in [7, 11) is -4.67. The van der Waals surface area contributed by atoms with Gasteiger partial charge in [0.1, 0.15) is 6.79 Å². The van der Waals surface area contributed by atoms with Crippen molar-refractivity contribution in [2.75, 3.05) is 0 Å². The molecule has 0 amide bonds. The summed E-state index contributed by atoms with van der Waals surface area (Å²) >= 11 is -0.250. The standard InChI is InChI=1S/CH2O.H2O4S.H2O2S/c1-2;1-5(2,3)4;1-3-2/h1H2;(H2,1,2,3,4);1-2H. The highest BCUT2D eigenvalue weighted by Gasteiger charge is 1.84. The molecule has 7 nitrogen and oxygen atoms in total. The highest BCUT2D eigenvalue weighted by Crippen LogP contribution is 1.67. The molecule has 0 spiro atoms. The maximum Gasteiger partial charge on any atom is 0.394 e. The highest BCUT2D eigenvalue weighted by molar-refractivity contribution is 7.87. The van der Waals surface area contributed by atoms with E-state index in [4.69, 9.17) is 31.4 Å². The third-order valence-electron chi connectivity index (χ3n) is 0. The molecule has 64 valence electrons. The summed E-state index contributed by atoms with van der Waals surface area (Å²) in [5.41, 5.74) is 0. The third kappa shape index (κ3) is 10000. The molecule has 0 saturated carbocycles. The Balaban J connectivity index is -0.0000000847. The largest absolute Gasteiger partial charge is 0.394 e. The Bertz CT molecular complexity index is 117. The SMILES string of the molecule is C=O.O=S(=O)(O)O.OSO. The Hall–Kier alpha value is -0.190. The van der Waals surface area contributed by atoms with Gasteiger partial charge in [-0.2, -0.15) is 8.42 Å². The second-order valence-corrected chi connectivity index (χ2v) is 1.59. The molecule has 0 aromatic carbocycles. The summed E-state index contributed by atoms with van der Waals surface area (Å²) in [5, 5.41) is 0. The molecule has 0 aliphatic rings. The van der Waals surface area contributed by atoms with Crippen molar-refractivity contribution in [3.63, 3.8) is 0 Å². The van der Waals surface area contributed by atoms with Gasteiger partial charge >= 0.3 is 10.4 Å². The van der Waals surface area contributed by atoms with Crippen LogP contribution < -0.4 is 0 Å². The normalized spacial score (nSPS) is 8.00. The maximum absolute atomic E-state index is 8.74. The van der Waals surface area contributed by atoms with Gasteiger partial charge in [-0.3, -0.25) is 9.11 Å². The van der Waals surface area contributed by atoms with Crippen LogP contribution in [0.15, 0.2) is 0 Å². The number of rotatable bonds is 0. The minimum atomic E-state index is -4.67. The monoisotopic (exact) mass is 194 g/mol. The predicted octanol–water partition coefficient (Wildman–Crippen LogP) is -0.172. The van der Waals surface area contributed by atoms with Crippen LogP contribution in [0.5, 0.6) is 0 Å². The smallest absolute Gasteiger partial charge is 0.307 e. The minimum absolute atomic E-state index is 0.250. The lowest BCUT2D eigenvalue weighted by atomic mass is 11.9. The zero-order valence-electron chi connectivity index (χ0n) is 4.54. The number of carbonyl (C=O) groups is 1. The van der Waals surface area contributed by atoms with Gasteiger partial charge in [-0.1, -0.05) is 0 Å². The molecule has 0 aliphatic carbocycles. The Kier molecular flexibility index (Phi) is 19.0. The topological polar surface area (TPSA) is 132 Å². The first-order valence-corrected chi connectivity index (χ1v) is 3.48. The summed E-state index contributed by atoms with van der Waals surface area (Å²) in [6.45, 7) is 2.00. The van der Waals surface area contributed by atoms with Gasteiger partial charge in [0.05, 0.1) is 0 Å². The second-order valence-electron chi connectivity index (χ2n) is 0.529. The van der Waals surface area contributed by atoms with Gasteiger partial charge < -0.3 is 13.9 Å². The van der Waals surface area contributed by atoms with Crippen molar-refractivity contribution in [3.8, 4) is 0 Å². The van der Waals surface area contributed by atoms with E-state index >= 15 is 0 Å². The maximum atomic E-state index is 8.74. The van der Waals surface area contributed by atoms with Crippen LogP contribution in [0.3, 0.4) is 0 Å². The Morgan fingerprint density at radius 1 is 1.10 bits per heavy atom. The lowest BCUT2D eigenvalue weighted by Gasteiger charge is -1.68. The fourth-order valence-electron chi connectivity index (χ4n) is 0. The lowest BCUT2D eigenvalue weighted by Crippen LogP contribution is -1.89. The molecule has 0 aromatic rings. The zero-order chi connectivity index (χ0) is 9.21. The van der Waals surface area contributed by atoms with Crippen LogP contribution in [0.4, 0.5) is 0 Å². The quantitative estimate of drug-likeness (QED) is 0.308. The van der Waals surface area contributed by atoms with Gasteiger partial charge in [0, 0.05) is 0 Å². The summed E-state index contributed by atoms with van der Waals surface area (Å²) < 4.78 is 45.7. The predicted molar refractivity (Wildman–Crippen MR) is 34.1 cm³/mol. The molecule has 0 fully saturated rings. The van der Waals surface area contributed by atoms with Crippen LogP contribution in [0, 0.1) is 0 Å². The molecule has 0 bridgehead atoms. The summed E-state index contributed by atoms with van der Waals surface area (Å²) in [5.74, 6) is 0. The van der Waals surface area contributed by atoms with E-state index in [0.717, 1.165) is 0 Å². The van der Waals surface area contributed by atoms with E-state index in [1.165, 1.54) is 0 Å². The van der Waals surface area contributed by atoms with E-state index in [1.54, 1.807) is 0 Å². The van der Waals surface area contributed by atoms with Crippen molar-refractivity contribution in [2.45, 2.75) is 0 Å². The van der Waals surface area contributed by atoms with Crippen LogP contribution >= 0.6 is 12.3 Å².